The lowest BCUT2D eigenvalue weighted by Gasteiger charge is -2.16. The molecule has 2 atom stereocenters. The number of likely N-dealkylation sites (tertiary alicyclic amines) is 1. The largest absolute Gasteiger partial charge is 0.490 e. The first kappa shape index (κ1) is 18.8. The van der Waals surface area contributed by atoms with Crippen LogP contribution in [0.2, 0.25) is 0 Å². The third-order valence-corrected chi connectivity index (χ3v) is 4.31. The number of halogens is 1. The van der Waals surface area contributed by atoms with E-state index in [0.29, 0.717) is 19.6 Å². The molecule has 2 heterocycles. The van der Waals surface area contributed by atoms with Gasteiger partial charge in [-0.05, 0) is 22.9 Å². The maximum Gasteiger partial charge on any atom is 0.490 e. The van der Waals surface area contributed by atoms with Crippen molar-refractivity contribution in [1.82, 2.24) is 19.7 Å². The van der Waals surface area contributed by atoms with Crippen LogP contribution in [0.1, 0.15) is 11.5 Å². The maximum atomic E-state index is 12.5. The highest BCUT2D eigenvalue weighted by atomic mass is 35.5. The molecule has 1 saturated heterocycles. The summed E-state index contributed by atoms with van der Waals surface area (Å²) in [5.41, 5.74) is 7.04. The lowest BCUT2D eigenvalue weighted by atomic mass is 9.89. The van der Waals surface area contributed by atoms with Crippen molar-refractivity contribution in [3.05, 3.63) is 52.3 Å². The van der Waals surface area contributed by atoms with Crippen molar-refractivity contribution in [2.75, 3.05) is 19.6 Å². The Morgan fingerprint density at radius 2 is 2.04 bits per heavy atom. The van der Waals surface area contributed by atoms with E-state index in [0.717, 1.165) is 0 Å². The van der Waals surface area contributed by atoms with Crippen molar-refractivity contribution in [3.8, 4) is 0 Å². The van der Waals surface area contributed by atoms with E-state index in [1.807, 2.05) is 30.3 Å². The molecule has 3 rings (SSSR count). The average Bonchev–Trinajstić information content (AvgIpc) is 3.22. The topological polar surface area (TPSA) is 120 Å². The van der Waals surface area contributed by atoms with Gasteiger partial charge in [-0.3, -0.25) is 4.79 Å². The SMILES string of the molecule is Cl.NC[C@@H]1CN(C(=O)Cn2cnc([N+](=O)[O-])n2)C[C@H]1c1ccccc1. The monoisotopic (exact) mass is 366 g/mol. The van der Waals surface area contributed by atoms with Gasteiger partial charge in [0.05, 0.1) is 0 Å². The lowest BCUT2D eigenvalue weighted by molar-refractivity contribution is -0.394. The second-order valence-electron chi connectivity index (χ2n) is 5.81. The van der Waals surface area contributed by atoms with E-state index in [9.17, 15) is 14.9 Å². The smallest absolute Gasteiger partial charge is 0.390 e. The maximum absolute atomic E-state index is 12.5. The van der Waals surface area contributed by atoms with Crippen LogP contribution in [0.4, 0.5) is 5.95 Å². The molecule has 1 fully saturated rings. The number of nitrogens with two attached hydrogens (primary N) is 1. The minimum atomic E-state index is -0.688. The molecule has 1 aliphatic heterocycles. The van der Waals surface area contributed by atoms with Crippen molar-refractivity contribution in [2.24, 2.45) is 11.7 Å². The summed E-state index contributed by atoms with van der Waals surface area (Å²) in [6, 6.07) is 9.99. The first-order valence-corrected chi connectivity index (χ1v) is 7.65. The Balaban J connectivity index is 0.00000225. The number of carbonyl (C=O) groups is 1. The van der Waals surface area contributed by atoms with E-state index in [1.165, 1.54) is 16.6 Å². The van der Waals surface area contributed by atoms with Gasteiger partial charge in [0, 0.05) is 24.1 Å². The summed E-state index contributed by atoms with van der Waals surface area (Å²) in [5, 5.41) is 14.3. The van der Waals surface area contributed by atoms with Gasteiger partial charge < -0.3 is 20.7 Å². The number of nitrogens with zero attached hydrogens (tertiary/aromatic N) is 5. The van der Waals surface area contributed by atoms with E-state index in [2.05, 4.69) is 10.1 Å². The number of nitro groups is 1. The first-order chi connectivity index (χ1) is 11.6. The van der Waals surface area contributed by atoms with Crippen LogP contribution in [0.15, 0.2) is 36.7 Å². The van der Waals surface area contributed by atoms with Crippen LogP contribution < -0.4 is 5.73 Å². The number of hydrogen-bond donors (Lipinski definition) is 1. The zero-order valence-electron chi connectivity index (χ0n) is 13.4. The van der Waals surface area contributed by atoms with E-state index in [4.69, 9.17) is 5.73 Å². The predicted molar refractivity (Wildman–Crippen MR) is 92.2 cm³/mol. The van der Waals surface area contributed by atoms with Crippen LogP contribution in [-0.2, 0) is 11.3 Å². The van der Waals surface area contributed by atoms with Crippen molar-refractivity contribution in [1.29, 1.82) is 0 Å². The summed E-state index contributed by atoms with van der Waals surface area (Å²) in [7, 11) is 0. The number of amides is 1. The van der Waals surface area contributed by atoms with Gasteiger partial charge in [0.15, 0.2) is 0 Å². The minimum Gasteiger partial charge on any atom is -0.390 e. The van der Waals surface area contributed by atoms with Crippen LogP contribution >= 0.6 is 12.4 Å². The van der Waals surface area contributed by atoms with Crippen molar-refractivity contribution < 1.29 is 9.72 Å². The summed E-state index contributed by atoms with van der Waals surface area (Å²) in [4.78, 5) is 27.7. The third-order valence-electron chi connectivity index (χ3n) is 4.31. The lowest BCUT2D eigenvalue weighted by Crippen LogP contribution is -2.32. The zero-order chi connectivity index (χ0) is 17.1. The number of rotatable bonds is 5. The standard InChI is InChI=1S/C15H18N6O3.ClH/c16-6-12-7-19(8-13(12)11-4-2-1-3-5-11)14(22)9-20-10-17-15(18-20)21(23)24;/h1-5,10,12-13H,6-9,16H2;1H/t12-,13+;/m1./s1. The molecule has 134 valence electrons. The summed E-state index contributed by atoms with van der Waals surface area (Å²) >= 11 is 0. The molecular weight excluding hydrogens is 348 g/mol. The molecule has 0 aliphatic carbocycles. The normalized spacial score (nSPS) is 19.5. The zero-order valence-corrected chi connectivity index (χ0v) is 14.2. The van der Waals surface area contributed by atoms with Gasteiger partial charge in [0.2, 0.25) is 12.2 Å². The Labute approximate surface area is 150 Å². The van der Waals surface area contributed by atoms with Crippen molar-refractivity contribution >= 4 is 24.3 Å². The summed E-state index contributed by atoms with van der Waals surface area (Å²) in [6.45, 7) is 1.59. The van der Waals surface area contributed by atoms with E-state index in [-0.39, 0.29) is 36.7 Å². The molecule has 1 aromatic carbocycles. The van der Waals surface area contributed by atoms with E-state index in [1.54, 1.807) is 4.90 Å². The Bertz CT molecular complexity index is 738. The minimum absolute atomic E-state index is 0. The highest BCUT2D eigenvalue weighted by molar-refractivity contribution is 5.85. The Kier molecular flexibility index (Phi) is 6.05. The third kappa shape index (κ3) is 4.12. The number of benzene rings is 1. The fraction of sp³-hybridized carbons (Fsp3) is 0.400. The van der Waals surface area contributed by atoms with E-state index < -0.39 is 10.9 Å². The Hall–Kier alpha value is -2.52. The van der Waals surface area contributed by atoms with Crippen LogP contribution in [0.5, 0.6) is 0 Å². The number of aromatic nitrogens is 3. The average molecular weight is 367 g/mol. The van der Waals surface area contributed by atoms with E-state index >= 15 is 0 Å². The van der Waals surface area contributed by atoms with Crippen molar-refractivity contribution in [2.45, 2.75) is 12.5 Å². The number of carbonyl (C=O) groups excluding carboxylic acids is 1. The molecule has 0 unspecified atom stereocenters. The fourth-order valence-electron chi connectivity index (χ4n) is 3.07. The molecule has 2 aromatic rings. The highest BCUT2D eigenvalue weighted by Crippen LogP contribution is 2.32. The van der Waals surface area contributed by atoms with Gasteiger partial charge in [-0.25, -0.2) is 0 Å². The second kappa shape index (κ2) is 8.04. The molecule has 0 bridgehead atoms. The van der Waals surface area contributed by atoms with Gasteiger partial charge in [-0.2, -0.15) is 4.68 Å². The Morgan fingerprint density at radius 1 is 1.32 bits per heavy atom. The van der Waals surface area contributed by atoms with Gasteiger partial charge in [0.25, 0.3) is 0 Å². The van der Waals surface area contributed by atoms with Crippen LogP contribution in [-0.4, -0.2) is 50.1 Å². The molecule has 0 saturated carbocycles. The fourth-order valence-corrected chi connectivity index (χ4v) is 3.07. The van der Waals surface area contributed by atoms with Gasteiger partial charge in [-0.15, -0.1) is 12.4 Å². The van der Waals surface area contributed by atoms with Crippen LogP contribution in [0.3, 0.4) is 0 Å². The van der Waals surface area contributed by atoms with Gasteiger partial charge in [0.1, 0.15) is 6.54 Å². The van der Waals surface area contributed by atoms with Crippen molar-refractivity contribution in [3.63, 3.8) is 0 Å². The molecule has 1 aromatic heterocycles. The molecule has 0 radical (unpaired) electrons. The molecule has 2 N–H and O–H groups in total. The van der Waals surface area contributed by atoms with Crippen LogP contribution in [0, 0.1) is 16.0 Å². The molecule has 10 heteroatoms. The molecule has 25 heavy (non-hydrogen) atoms. The molecule has 0 spiro atoms. The van der Waals surface area contributed by atoms with Gasteiger partial charge >= 0.3 is 5.95 Å². The number of hydrogen-bond acceptors (Lipinski definition) is 6. The summed E-state index contributed by atoms with van der Waals surface area (Å²) < 4.78 is 1.19. The summed E-state index contributed by atoms with van der Waals surface area (Å²) in [5.74, 6) is -0.260. The van der Waals surface area contributed by atoms with Crippen LogP contribution in [0.25, 0.3) is 0 Å². The summed E-state index contributed by atoms with van der Waals surface area (Å²) in [6.07, 6.45) is 1.20. The second-order valence-corrected chi connectivity index (χ2v) is 5.81. The quantitative estimate of drug-likeness (QED) is 0.617. The molecule has 1 aliphatic rings. The molecular formula is C15H19ClN6O3. The predicted octanol–water partition coefficient (Wildman–Crippen LogP) is 0.809. The highest BCUT2D eigenvalue weighted by Gasteiger charge is 2.35. The molecule has 1 amide bonds. The molecule has 9 nitrogen and oxygen atoms in total. The Morgan fingerprint density at radius 3 is 2.64 bits per heavy atom. The van der Waals surface area contributed by atoms with Gasteiger partial charge in [-0.1, -0.05) is 35.3 Å². The first-order valence-electron chi connectivity index (χ1n) is 7.65.